The Kier molecular flexibility index (Phi) is 4.20. The van der Waals surface area contributed by atoms with Gasteiger partial charge in [0.05, 0.1) is 13.2 Å². The third-order valence-electron chi connectivity index (χ3n) is 5.21. The summed E-state index contributed by atoms with van der Waals surface area (Å²) in [5.41, 5.74) is 2.32. The molecule has 0 saturated carbocycles. The molecule has 1 heterocycles. The van der Waals surface area contributed by atoms with Crippen molar-refractivity contribution in [2.75, 3.05) is 33.8 Å². The Hall–Kier alpha value is -1.10. The Morgan fingerprint density at radius 1 is 1.29 bits per heavy atom. The number of hydrogen-bond donors (Lipinski definition) is 1. The number of rotatable bonds is 2. The lowest BCUT2D eigenvalue weighted by Gasteiger charge is -2.45. The van der Waals surface area contributed by atoms with Gasteiger partial charge in [0, 0.05) is 31.7 Å². The van der Waals surface area contributed by atoms with Crippen molar-refractivity contribution in [3.8, 4) is 5.75 Å². The molecule has 1 aromatic rings. The minimum Gasteiger partial charge on any atom is -0.497 e. The fourth-order valence-corrected chi connectivity index (χ4v) is 3.63. The van der Waals surface area contributed by atoms with Gasteiger partial charge in [-0.3, -0.25) is 4.90 Å². The quantitative estimate of drug-likeness (QED) is 0.899. The van der Waals surface area contributed by atoms with Crippen LogP contribution in [0, 0.1) is 0 Å². The fourth-order valence-electron chi connectivity index (χ4n) is 3.63. The fraction of sp³-hybridized carbons (Fsp3) is 0.647. The maximum absolute atomic E-state index is 10.8. The standard InChI is InChI=1S/C17H26N2O2/c1-12-11-19(9-8-18(12)2)16-7-5-13-4-6-14(21-3)10-15(13)17(16)20/h4,6,10,12,16-17,20H,5,7-9,11H2,1-3H3. The Labute approximate surface area is 127 Å². The zero-order valence-electron chi connectivity index (χ0n) is 13.2. The van der Waals surface area contributed by atoms with E-state index in [1.165, 1.54) is 5.56 Å². The summed E-state index contributed by atoms with van der Waals surface area (Å²) in [4.78, 5) is 4.86. The van der Waals surface area contributed by atoms with Gasteiger partial charge in [0.25, 0.3) is 0 Å². The average Bonchev–Trinajstić information content (AvgIpc) is 2.50. The van der Waals surface area contributed by atoms with E-state index in [1.807, 2.05) is 12.1 Å². The van der Waals surface area contributed by atoms with E-state index < -0.39 is 6.10 Å². The average molecular weight is 290 g/mol. The van der Waals surface area contributed by atoms with Crippen LogP contribution >= 0.6 is 0 Å². The molecular formula is C17H26N2O2. The van der Waals surface area contributed by atoms with E-state index in [0.29, 0.717) is 6.04 Å². The van der Waals surface area contributed by atoms with Crippen molar-refractivity contribution < 1.29 is 9.84 Å². The first-order valence-electron chi connectivity index (χ1n) is 7.89. The van der Waals surface area contributed by atoms with Gasteiger partial charge in [0.1, 0.15) is 5.75 Å². The normalized spacial score (nSPS) is 31.0. The topological polar surface area (TPSA) is 35.9 Å². The van der Waals surface area contributed by atoms with Crippen LogP contribution in [0.5, 0.6) is 5.75 Å². The minimum absolute atomic E-state index is 0.237. The first-order valence-corrected chi connectivity index (χ1v) is 7.89. The number of aryl methyl sites for hydroxylation is 1. The van der Waals surface area contributed by atoms with E-state index in [1.54, 1.807) is 7.11 Å². The zero-order chi connectivity index (χ0) is 15.0. The molecular weight excluding hydrogens is 264 g/mol. The second-order valence-electron chi connectivity index (χ2n) is 6.44. The summed E-state index contributed by atoms with van der Waals surface area (Å²) in [5, 5.41) is 10.8. The zero-order valence-corrected chi connectivity index (χ0v) is 13.2. The molecule has 116 valence electrons. The highest BCUT2D eigenvalue weighted by atomic mass is 16.5. The predicted octanol–water partition coefficient (Wildman–Crippen LogP) is 1.68. The van der Waals surface area contributed by atoms with Crippen LogP contribution in [-0.4, -0.2) is 60.8 Å². The molecule has 1 N–H and O–H groups in total. The third-order valence-corrected chi connectivity index (χ3v) is 5.21. The molecule has 0 radical (unpaired) electrons. The number of ether oxygens (including phenoxy) is 1. The van der Waals surface area contributed by atoms with E-state index >= 15 is 0 Å². The Morgan fingerprint density at radius 3 is 2.81 bits per heavy atom. The molecule has 1 aliphatic carbocycles. The largest absolute Gasteiger partial charge is 0.497 e. The molecule has 0 aromatic heterocycles. The summed E-state index contributed by atoms with van der Waals surface area (Å²) in [6.07, 6.45) is 1.68. The lowest BCUT2D eigenvalue weighted by atomic mass is 9.84. The number of piperazine rings is 1. The van der Waals surface area contributed by atoms with Gasteiger partial charge in [-0.05, 0) is 50.1 Å². The van der Waals surface area contributed by atoms with Crippen LogP contribution in [0.4, 0.5) is 0 Å². The summed E-state index contributed by atoms with van der Waals surface area (Å²) >= 11 is 0. The van der Waals surface area contributed by atoms with Crippen LogP contribution in [0.25, 0.3) is 0 Å². The number of fused-ring (bicyclic) bond motifs is 1. The SMILES string of the molecule is COc1ccc2c(c1)C(O)C(N1CCN(C)C(C)C1)CC2. The molecule has 2 aliphatic rings. The summed E-state index contributed by atoms with van der Waals surface area (Å²) < 4.78 is 5.31. The molecule has 0 bridgehead atoms. The Morgan fingerprint density at radius 2 is 2.10 bits per heavy atom. The van der Waals surface area contributed by atoms with Gasteiger partial charge in [0.15, 0.2) is 0 Å². The van der Waals surface area contributed by atoms with E-state index in [0.717, 1.165) is 43.8 Å². The summed E-state index contributed by atoms with van der Waals surface area (Å²) in [6.45, 7) is 5.42. The maximum atomic E-state index is 10.8. The molecule has 1 fully saturated rings. The molecule has 21 heavy (non-hydrogen) atoms. The van der Waals surface area contributed by atoms with Gasteiger partial charge < -0.3 is 14.7 Å². The minimum atomic E-state index is -0.403. The number of benzene rings is 1. The smallest absolute Gasteiger partial charge is 0.119 e. The van der Waals surface area contributed by atoms with Crippen LogP contribution in [-0.2, 0) is 6.42 Å². The van der Waals surface area contributed by atoms with Gasteiger partial charge in [-0.25, -0.2) is 0 Å². The third kappa shape index (κ3) is 2.80. The molecule has 4 heteroatoms. The van der Waals surface area contributed by atoms with Crippen molar-refractivity contribution in [3.05, 3.63) is 29.3 Å². The lowest BCUT2D eigenvalue weighted by molar-refractivity contribution is -0.00280. The summed E-state index contributed by atoms with van der Waals surface area (Å²) in [6, 6.07) is 6.88. The summed E-state index contributed by atoms with van der Waals surface area (Å²) in [5.74, 6) is 0.834. The van der Waals surface area contributed by atoms with Crippen molar-refractivity contribution in [3.63, 3.8) is 0 Å². The lowest BCUT2D eigenvalue weighted by Crippen LogP contribution is -2.55. The van der Waals surface area contributed by atoms with Crippen molar-refractivity contribution in [2.45, 2.75) is 38.0 Å². The first kappa shape index (κ1) is 14.8. The predicted molar refractivity (Wildman–Crippen MR) is 83.7 cm³/mol. The molecule has 1 saturated heterocycles. The number of likely N-dealkylation sites (N-methyl/N-ethyl adjacent to an activating group) is 1. The highest BCUT2D eigenvalue weighted by molar-refractivity contribution is 5.39. The number of aliphatic hydroxyl groups excluding tert-OH is 1. The van der Waals surface area contributed by atoms with Crippen LogP contribution in [0.2, 0.25) is 0 Å². The second-order valence-corrected chi connectivity index (χ2v) is 6.44. The molecule has 1 aromatic carbocycles. The van der Waals surface area contributed by atoms with E-state index in [4.69, 9.17) is 4.74 Å². The monoisotopic (exact) mass is 290 g/mol. The molecule has 4 nitrogen and oxygen atoms in total. The van der Waals surface area contributed by atoms with Gasteiger partial charge >= 0.3 is 0 Å². The molecule has 3 rings (SSSR count). The van der Waals surface area contributed by atoms with Crippen LogP contribution < -0.4 is 4.74 Å². The number of methoxy groups -OCH3 is 1. The molecule has 3 unspecified atom stereocenters. The van der Waals surface area contributed by atoms with Gasteiger partial charge in [-0.15, -0.1) is 0 Å². The highest BCUT2D eigenvalue weighted by Gasteiger charge is 2.35. The van der Waals surface area contributed by atoms with Crippen LogP contribution in [0.1, 0.15) is 30.6 Å². The van der Waals surface area contributed by atoms with Crippen LogP contribution in [0.15, 0.2) is 18.2 Å². The second kappa shape index (κ2) is 5.95. The van der Waals surface area contributed by atoms with Crippen molar-refractivity contribution in [1.29, 1.82) is 0 Å². The Bertz CT molecular complexity index is 506. The summed E-state index contributed by atoms with van der Waals surface area (Å²) in [7, 11) is 3.86. The first-order chi connectivity index (χ1) is 10.1. The highest BCUT2D eigenvalue weighted by Crippen LogP contribution is 2.35. The number of aliphatic hydroxyl groups is 1. The Balaban J connectivity index is 1.80. The van der Waals surface area contributed by atoms with E-state index in [2.05, 4.69) is 29.8 Å². The van der Waals surface area contributed by atoms with Crippen molar-refractivity contribution in [2.24, 2.45) is 0 Å². The van der Waals surface area contributed by atoms with Gasteiger partial charge in [-0.2, -0.15) is 0 Å². The van der Waals surface area contributed by atoms with Crippen LogP contribution in [0.3, 0.4) is 0 Å². The number of nitrogens with zero attached hydrogens (tertiary/aromatic N) is 2. The van der Waals surface area contributed by atoms with Crippen molar-refractivity contribution in [1.82, 2.24) is 9.80 Å². The maximum Gasteiger partial charge on any atom is 0.119 e. The molecule has 0 spiro atoms. The molecule has 0 amide bonds. The van der Waals surface area contributed by atoms with E-state index in [-0.39, 0.29) is 6.04 Å². The van der Waals surface area contributed by atoms with Gasteiger partial charge in [-0.1, -0.05) is 6.07 Å². The van der Waals surface area contributed by atoms with E-state index in [9.17, 15) is 5.11 Å². The van der Waals surface area contributed by atoms with Gasteiger partial charge in [0.2, 0.25) is 0 Å². The number of hydrogen-bond acceptors (Lipinski definition) is 4. The van der Waals surface area contributed by atoms with Crippen molar-refractivity contribution >= 4 is 0 Å². The molecule has 3 atom stereocenters. The molecule has 1 aliphatic heterocycles.